The second-order valence-corrected chi connectivity index (χ2v) is 6.07. The molecule has 0 fully saturated rings. The van der Waals surface area contributed by atoms with Gasteiger partial charge >= 0.3 is 0 Å². The number of methoxy groups -OCH3 is 1. The van der Waals surface area contributed by atoms with Gasteiger partial charge in [0.15, 0.2) is 0 Å². The number of carbonyl (C=O) groups excluding carboxylic acids is 1. The molecule has 1 heterocycles. The lowest BCUT2D eigenvalue weighted by molar-refractivity contribution is 0.0773. The number of amides is 1. The number of ether oxygens (including phenoxy) is 2. The fraction of sp³-hybridized carbons (Fsp3) is 0.238. The highest BCUT2D eigenvalue weighted by Gasteiger charge is 2.16. The summed E-state index contributed by atoms with van der Waals surface area (Å²) in [7, 11) is 3.40. The van der Waals surface area contributed by atoms with E-state index < -0.39 is 0 Å². The van der Waals surface area contributed by atoms with E-state index in [1.165, 1.54) is 0 Å². The van der Waals surface area contributed by atoms with Crippen LogP contribution in [0.5, 0.6) is 11.5 Å². The first kappa shape index (κ1) is 17.7. The standard InChI is InChI=1S/C21H22N2O3/c1-15-19(13-16-9-10-18(25-3)14-20(16)22-15)21(24)23(2)11-12-26-17-7-5-4-6-8-17/h4-10,13-14H,11-12H2,1-3H3. The zero-order chi connectivity index (χ0) is 18.5. The average molecular weight is 350 g/mol. The van der Waals surface area contributed by atoms with Crippen LogP contribution in [0.2, 0.25) is 0 Å². The SMILES string of the molecule is COc1ccc2cc(C(=O)N(C)CCOc3ccccc3)c(C)nc2c1. The van der Waals surface area contributed by atoms with Gasteiger partial charge < -0.3 is 14.4 Å². The number of nitrogens with zero attached hydrogens (tertiary/aromatic N) is 2. The van der Waals surface area contributed by atoms with Gasteiger partial charge in [-0.25, -0.2) is 0 Å². The van der Waals surface area contributed by atoms with Crippen molar-refractivity contribution in [3.8, 4) is 11.5 Å². The van der Waals surface area contributed by atoms with E-state index in [9.17, 15) is 4.79 Å². The van der Waals surface area contributed by atoms with Crippen LogP contribution >= 0.6 is 0 Å². The zero-order valence-corrected chi connectivity index (χ0v) is 15.2. The zero-order valence-electron chi connectivity index (χ0n) is 15.2. The molecule has 5 heteroatoms. The Bertz CT molecular complexity index is 910. The van der Waals surface area contributed by atoms with Crippen LogP contribution in [0.4, 0.5) is 0 Å². The third kappa shape index (κ3) is 3.94. The van der Waals surface area contributed by atoms with Gasteiger partial charge in [-0.1, -0.05) is 18.2 Å². The van der Waals surface area contributed by atoms with E-state index in [-0.39, 0.29) is 5.91 Å². The Morgan fingerprint density at radius 3 is 2.58 bits per heavy atom. The molecule has 2 aromatic carbocycles. The summed E-state index contributed by atoms with van der Waals surface area (Å²) < 4.78 is 10.9. The fourth-order valence-electron chi connectivity index (χ4n) is 2.71. The smallest absolute Gasteiger partial charge is 0.255 e. The number of carbonyl (C=O) groups is 1. The van der Waals surface area contributed by atoms with Gasteiger partial charge in [0.1, 0.15) is 18.1 Å². The lowest BCUT2D eigenvalue weighted by Crippen LogP contribution is -2.31. The predicted octanol–water partition coefficient (Wildman–Crippen LogP) is 3.70. The third-order valence-corrected chi connectivity index (χ3v) is 4.23. The van der Waals surface area contributed by atoms with Crippen molar-refractivity contribution in [2.24, 2.45) is 0 Å². The maximum atomic E-state index is 12.8. The number of pyridine rings is 1. The second kappa shape index (κ2) is 7.87. The molecule has 1 amide bonds. The topological polar surface area (TPSA) is 51.7 Å². The molecule has 3 aromatic rings. The first-order valence-electron chi connectivity index (χ1n) is 8.47. The highest BCUT2D eigenvalue weighted by atomic mass is 16.5. The number of para-hydroxylation sites is 1. The molecule has 0 aliphatic rings. The molecular formula is C21H22N2O3. The van der Waals surface area contributed by atoms with Gasteiger partial charge in [-0.3, -0.25) is 9.78 Å². The van der Waals surface area contributed by atoms with Crippen molar-refractivity contribution < 1.29 is 14.3 Å². The van der Waals surface area contributed by atoms with E-state index >= 15 is 0 Å². The molecule has 26 heavy (non-hydrogen) atoms. The molecule has 134 valence electrons. The Balaban J connectivity index is 1.70. The van der Waals surface area contributed by atoms with E-state index in [1.54, 1.807) is 19.1 Å². The Hall–Kier alpha value is -3.08. The first-order valence-corrected chi connectivity index (χ1v) is 8.47. The van der Waals surface area contributed by atoms with Gasteiger partial charge in [0.2, 0.25) is 0 Å². The Morgan fingerprint density at radius 2 is 1.85 bits per heavy atom. The van der Waals surface area contributed by atoms with Gasteiger partial charge in [0.05, 0.1) is 30.4 Å². The van der Waals surface area contributed by atoms with Gasteiger partial charge in [-0.05, 0) is 37.3 Å². The highest BCUT2D eigenvalue weighted by molar-refractivity contribution is 5.98. The molecule has 0 aliphatic heterocycles. The summed E-state index contributed by atoms with van der Waals surface area (Å²) in [5.74, 6) is 1.48. The summed E-state index contributed by atoms with van der Waals surface area (Å²) in [4.78, 5) is 19.0. The quantitative estimate of drug-likeness (QED) is 0.680. The van der Waals surface area contributed by atoms with Gasteiger partial charge in [-0.15, -0.1) is 0 Å². The number of aryl methyl sites for hydroxylation is 1. The Kier molecular flexibility index (Phi) is 5.37. The number of hydrogen-bond acceptors (Lipinski definition) is 4. The van der Waals surface area contributed by atoms with Crippen LogP contribution in [0.15, 0.2) is 54.6 Å². The summed E-state index contributed by atoms with van der Waals surface area (Å²) in [6.07, 6.45) is 0. The van der Waals surface area contributed by atoms with E-state index in [2.05, 4.69) is 4.98 Å². The Labute approximate surface area is 153 Å². The van der Waals surface area contributed by atoms with Crippen molar-refractivity contribution in [2.75, 3.05) is 27.3 Å². The van der Waals surface area contributed by atoms with E-state index in [1.807, 2.05) is 61.5 Å². The maximum Gasteiger partial charge on any atom is 0.255 e. The molecule has 1 aromatic heterocycles. The third-order valence-electron chi connectivity index (χ3n) is 4.23. The molecule has 0 unspecified atom stereocenters. The fourth-order valence-corrected chi connectivity index (χ4v) is 2.71. The van der Waals surface area contributed by atoms with Gasteiger partial charge in [-0.2, -0.15) is 0 Å². The minimum Gasteiger partial charge on any atom is -0.497 e. The molecule has 0 saturated heterocycles. The summed E-state index contributed by atoms with van der Waals surface area (Å²) in [6.45, 7) is 2.78. The van der Waals surface area contributed by atoms with Crippen LogP contribution in [-0.4, -0.2) is 43.1 Å². The molecule has 0 saturated carbocycles. The lowest BCUT2D eigenvalue weighted by Gasteiger charge is -2.19. The largest absolute Gasteiger partial charge is 0.497 e. The highest BCUT2D eigenvalue weighted by Crippen LogP contribution is 2.22. The van der Waals surface area contributed by atoms with Crippen molar-refractivity contribution in [1.29, 1.82) is 0 Å². The van der Waals surface area contributed by atoms with E-state index in [4.69, 9.17) is 9.47 Å². The molecule has 0 bridgehead atoms. The number of aromatic nitrogens is 1. The normalized spacial score (nSPS) is 10.6. The molecular weight excluding hydrogens is 328 g/mol. The minimum absolute atomic E-state index is 0.0654. The van der Waals surface area contributed by atoms with Gasteiger partial charge in [0, 0.05) is 18.5 Å². The van der Waals surface area contributed by atoms with Crippen LogP contribution in [-0.2, 0) is 0 Å². The van der Waals surface area contributed by atoms with Gasteiger partial charge in [0.25, 0.3) is 5.91 Å². The molecule has 0 N–H and O–H groups in total. The molecule has 0 aliphatic carbocycles. The van der Waals surface area contributed by atoms with E-state index in [0.717, 1.165) is 22.4 Å². The average Bonchev–Trinajstić information content (AvgIpc) is 2.67. The molecule has 5 nitrogen and oxygen atoms in total. The van der Waals surface area contributed by atoms with E-state index in [0.29, 0.717) is 24.4 Å². The van der Waals surface area contributed by atoms with Crippen molar-refractivity contribution in [1.82, 2.24) is 9.88 Å². The van der Waals surface area contributed by atoms with Crippen LogP contribution < -0.4 is 9.47 Å². The minimum atomic E-state index is -0.0654. The number of fused-ring (bicyclic) bond motifs is 1. The van der Waals surface area contributed by atoms with Crippen molar-refractivity contribution >= 4 is 16.8 Å². The van der Waals surface area contributed by atoms with Crippen molar-refractivity contribution in [3.63, 3.8) is 0 Å². The van der Waals surface area contributed by atoms with Crippen LogP contribution in [0, 0.1) is 6.92 Å². The van der Waals surface area contributed by atoms with Crippen LogP contribution in [0.1, 0.15) is 16.1 Å². The van der Waals surface area contributed by atoms with Crippen molar-refractivity contribution in [2.45, 2.75) is 6.92 Å². The van der Waals surface area contributed by atoms with Crippen molar-refractivity contribution in [3.05, 3.63) is 65.9 Å². The molecule has 3 rings (SSSR count). The number of benzene rings is 2. The van der Waals surface area contributed by atoms with Crippen LogP contribution in [0.25, 0.3) is 10.9 Å². The predicted molar refractivity (Wildman–Crippen MR) is 102 cm³/mol. The number of likely N-dealkylation sites (N-methyl/N-ethyl adjacent to an activating group) is 1. The summed E-state index contributed by atoms with van der Waals surface area (Å²) in [6, 6.07) is 17.1. The lowest BCUT2D eigenvalue weighted by atomic mass is 10.1. The summed E-state index contributed by atoms with van der Waals surface area (Å²) >= 11 is 0. The van der Waals surface area contributed by atoms with Crippen LogP contribution in [0.3, 0.4) is 0 Å². The number of hydrogen-bond donors (Lipinski definition) is 0. The summed E-state index contributed by atoms with van der Waals surface area (Å²) in [5.41, 5.74) is 2.12. The maximum absolute atomic E-state index is 12.8. The number of rotatable bonds is 6. The molecule has 0 spiro atoms. The first-order chi connectivity index (χ1) is 12.6. The summed E-state index contributed by atoms with van der Waals surface area (Å²) in [5, 5.41) is 0.911. The Morgan fingerprint density at radius 1 is 1.08 bits per heavy atom. The second-order valence-electron chi connectivity index (χ2n) is 6.07. The monoisotopic (exact) mass is 350 g/mol. The molecule has 0 atom stereocenters. The molecule has 0 radical (unpaired) electrons.